The quantitative estimate of drug-likeness (QED) is 0.0816. The zero-order valence-electron chi connectivity index (χ0n) is 32.4. The molecule has 6 N–H and O–H groups in total. The van der Waals surface area contributed by atoms with Gasteiger partial charge in [-0.15, -0.1) is 0 Å². The lowest BCUT2D eigenvalue weighted by molar-refractivity contribution is 0.0991. The Morgan fingerprint density at radius 1 is 0.807 bits per heavy atom. The second-order valence-corrected chi connectivity index (χ2v) is 13.5. The van der Waals surface area contributed by atoms with Crippen molar-refractivity contribution in [1.82, 2.24) is 53.9 Å². The van der Waals surface area contributed by atoms with E-state index in [1.165, 1.54) is 6.20 Å². The molecule has 7 rings (SSSR count). The van der Waals surface area contributed by atoms with E-state index in [2.05, 4.69) is 30.8 Å². The average Bonchev–Trinajstić information content (AvgIpc) is 3.95. The van der Waals surface area contributed by atoms with Crippen molar-refractivity contribution in [1.29, 1.82) is 0 Å². The van der Waals surface area contributed by atoms with Crippen LogP contribution in [0.3, 0.4) is 0 Å². The number of carbonyl (C=O) groups is 3. The first-order valence-corrected chi connectivity index (χ1v) is 18.6. The van der Waals surface area contributed by atoms with Crippen molar-refractivity contribution in [3.63, 3.8) is 0 Å². The fourth-order valence-corrected chi connectivity index (χ4v) is 6.83. The highest BCUT2D eigenvalue weighted by molar-refractivity contribution is 6.12. The molecule has 0 unspecified atom stereocenters. The van der Waals surface area contributed by atoms with Gasteiger partial charge in [0, 0.05) is 54.9 Å². The predicted octanol–water partition coefficient (Wildman–Crippen LogP) is 3.74. The van der Waals surface area contributed by atoms with Gasteiger partial charge in [-0.1, -0.05) is 12.2 Å². The lowest BCUT2D eigenvalue weighted by Crippen LogP contribution is -2.20. The van der Waals surface area contributed by atoms with Gasteiger partial charge in [-0.05, 0) is 78.0 Å². The number of hydrogen-bond acceptors (Lipinski definition) is 11. The van der Waals surface area contributed by atoms with Gasteiger partial charge in [-0.3, -0.25) is 33.6 Å². The van der Waals surface area contributed by atoms with E-state index in [1.54, 1.807) is 39.7 Å². The van der Waals surface area contributed by atoms with Crippen LogP contribution in [-0.2, 0) is 26.2 Å². The molecule has 0 aliphatic rings. The van der Waals surface area contributed by atoms with Crippen LogP contribution in [0.2, 0.25) is 0 Å². The maximum absolute atomic E-state index is 13.5. The summed E-state index contributed by atoms with van der Waals surface area (Å²) in [6, 6.07) is 8.60. The summed E-state index contributed by atoms with van der Waals surface area (Å²) < 4.78 is 13.6. The summed E-state index contributed by atoms with van der Waals surface area (Å²) in [6.07, 6.45) is 7.74. The number of allylic oxidation sites excluding steroid dienone is 2. The van der Waals surface area contributed by atoms with Crippen LogP contribution in [0.4, 0.5) is 5.95 Å². The third-order valence-corrected chi connectivity index (χ3v) is 9.48. The summed E-state index contributed by atoms with van der Waals surface area (Å²) in [4.78, 5) is 57.0. The average molecular weight is 773 g/mol. The van der Waals surface area contributed by atoms with E-state index in [1.807, 2.05) is 62.2 Å². The Morgan fingerprint density at radius 2 is 1.53 bits per heavy atom. The van der Waals surface area contributed by atoms with Crippen molar-refractivity contribution < 1.29 is 19.1 Å². The number of rotatable bonds is 16. The van der Waals surface area contributed by atoms with Crippen LogP contribution < -0.4 is 26.8 Å². The minimum atomic E-state index is -0.646. The Balaban J connectivity index is 1.31. The van der Waals surface area contributed by atoms with E-state index in [4.69, 9.17) is 26.2 Å². The van der Waals surface area contributed by atoms with Crippen LogP contribution in [0.25, 0.3) is 44.6 Å². The van der Waals surface area contributed by atoms with Crippen molar-refractivity contribution in [2.24, 2.45) is 11.5 Å². The van der Waals surface area contributed by atoms with Gasteiger partial charge in [-0.25, -0.2) is 19.9 Å². The van der Waals surface area contributed by atoms with Crippen LogP contribution in [0, 0.1) is 13.8 Å². The fraction of sp³-hybridized carbons (Fsp3) is 0.308. The summed E-state index contributed by atoms with van der Waals surface area (Å²) in [7, 11) is 1.87. The molecular formula is C39H44N14O4. The molecular weight excluding hydrogens is 729 g/mol. The third kappa shape index (κ3) is 7.53. The van der Waals surface area contributed by atoms with Gasteiger partial charge in [0.15, 0.2) is 11.5 Å². The number of benzene rings is 1. The molecule has 294 valence electrons. The van der Waals surface area contributed by atoms with Gasteiger partial charge >= 0.3 is 0 Å². The van der Waals surface area contributed by atoms with Gasteiger partial charge in [0.1, 0.15) is 28.3 Å². The lowest BCUT2D eigenvalue weighted by atomic mass is 10.1. The first-order valence-electron chi connectivity index (χ1n) is 18.6. The fourth-order valence-electron chi connectivity index (χ4n) is 6.83. The molecule has 3 amide bonds. The number of pyridine rings is 1. The summed E-state index contributed by atoms with van der Waals surface area (Å²) in [6.45, 7) is 10.5. The van der Waals surface area contributed by atoms with Crippen molar-refractivity contribution in [2.75, 3.05) is 25.5 Å². The molecule has 0 spiro atoms. The number of aromatic nitrogens is 10. The Kier molecular flexibility index (Phi) is 10.8. The second-order valence-electron chi connectivity index (χ2n) is 13.5. The van der Waals surface area contributed by atoms with E-state index < -0.39 is 17.7 Å². The number of aryl methyl sites for hydroxylation is 4. The van der Waals surface area contributed by atoms with E-state index >= 15 is 0 Å². The largest absolute Gasteiger partial charge is 0.491 e. The van der Waals surface area contributed by atoms with Gasteiger partial charge in [-0.2, -0.15) is 10.2 Å². The van der Waals surface area contributed by atoms with Crippen LogP contribution in [0.1, 0.15) is 62.9 Å². The summed E-state index contributed by atoms with van der Waals surface area (Å²) in [5.74, 6) is -0.418. The Labute approximate surface area is 326 Å². The molecule has 0 radical (unpaired) electrons. The number of amides is 3. The molecule has 0 atom stereocenters. The highest BCUT2D eigenvalue weighted by atomic mass is 16.5. The van der Waals surface area contributed by atoms with Gasteiger partial charge in [0.05, 0.1) is 29.1 Å². The molecule has 0 saturated carbocycles. The van der Waals surface area contributed by atoms with Crippen molar-refractivity contribution in [2.45, 2.75) is 60.3 Å². The normalized spacial score (nSPS) is 11.7. The Bertz CT molecular complexity index is 2700. The molecule has 57 heavy (non-hydrogen) atoms. The first kappa shape index (κ1) is 38.3. The zero-order chi connectivity index (χ0) is 40.4. The Morgan fingerprint density at radius 3 is 2.25 bits per heavy atom. The van der Waals surface area contributed by atoms with E-state index in [0.29, 0.717) is 82.3 Å². The number of hydrogen-bond donors (Lipinski definition) is 4. The van der Waals surface area contributed by atoms with Crippen LogP contribution >= 0.6 is 0 Å². The maximum atomic E-state index is 13.5. The molecule has 0 aliphatic heterocycles. The number of nitrogens with zero attached hydrogens (tertiary/aromatic N) is 10. The smallest absolute Gasteiger partial charge is 0.276 e. The Hall–Kier alpha value is -6.95. The van der Waals surface area contributed by atoms with E-state index in [9.17, 15) is 14.4 Å². The number of carbonyl (C=O) groups excluding carboxylic acids is 3. The second kappa shape index (κ2) is 16.0. The summed E-state index contributed by atoms with van der Waals surface area (Å²) >= 11 is 0. The van der Waals surface area contributed by atoms with Crippen molar-refractivity contribution in [3.8, 4) is 17.3 Å². The molecule has 18 heteroatoms. The molecule has 0 saturated heterocycles. The summed E-state index contributed by atoms with van der Waals surface area (Å²) in [5, 5.41) is 16.5. The van der Waals surface area contributed by atoms with E-state index in [0.717, 1.165) is 29.9 Å². The monoisotopic (exact) mass is 772 g/mol. The highest BCUT2D eigenvalue weighted by Gasteiger charge is 2.22. The topological polar surface area (TPSA) is 234 Å². The number of fused-ring (bicyclic) bond motifs is 4. The van der Waals surface area contributed by atoms with Gasteiger partial charge in [0.25, 0.3) is 5.91 Å². The third-order valence-electron chi connectivity index (χ3n) is 9.48. The number of ether oxygens (including phenoxy) is 1. The number of nitrogens with one attached hydrogen (secondary N) is 2. The lowest BCUT2D eigenvalue weighted by Gasteiger charge is -2.12. The molecule has 0 aliphatic carbocycles. The molecule has 6 aromatic heterocycles. The van der Waals surface area contributed by atoms with E-state index in [-0.39, 0.29) is 18.1 Å². The SMILES string of the molecule is CCn1nc(C)cc1C(=O)Nc1nc2cc(C(N)=O)cnc2n1C/C=C/Cn1c2nc(-c3cc(C)nn3CC)ncc2c2cc(C(N)=O)cc(OCCCNC)c21. The predicted molar refractivity (Wildman–Crippen MR) is 215 cm³/mol. The van der Waals surface area contributed by atoms with Crippen LogP contribution in [0.15, 0.2) is 54.9 Å². The molecule has 7 aromatic rings. The van der Waals surface area contributed by atoms with Crippen molar-refractivity contribution >= 4 is 56.8 Å². The summed E-state index contributed by atoms with van der Waals surface area (Å²) in [5.41, 5.74) is 16.7. The molecule has 6 heterocycles. The minimum absolute atomic E-state index is 0.189. The molecule has 1 aromatic carbocycles. The van der Waals surface area contributed by atoms with Crippen molar-refractivity contribution in [3.05, 3.63) is 83.1 Å². The molecule has 0 fully saturated rings. The van der Waals surface area contributed by atoms with Gasteiger partial charge in [0.2, 0.25) is 17.8 Å². The number of imidazole rings is 1. The molecule has 0 bridgehead atoms. The highest BCUT2D eigenvalue weighted by Crippen LogP contribution is 2.36. The number of anilines is 1. The van der Waals surface area contributed by atoms with Crippen LogP contribution in [-0.4, -0.2) is 86.6 Å². The zero-order valence-corrected chi connectivity index (χ0v) is 32.4. The van der Waals surface area contributed by atoms with Crippen LogP contribution in [0.5, 0.6) is 5.75 Å². The maximum Gasteiger partial charge on any atom is 0.276 e. The standard InChI is InChI=1S/C39H44N14O4/c1-6-52-29(15-22(3)48-52)35-43-21-27-26-17-24(33(40)54)19-31(57-14-10-11-42-5)32(26)50(36(27)46-35)12-8-9-13-51-37-28(18-25(20-44-37)34(41)55)45-39(51)47-38(56)30-16-23(4)49-53(30)7-2/h8-9,15-21,42H,6-7,10-14H2,1-5H3,(H2,40,54)(H2,41,55)(H,45,47,56)/b9-8+. The molecule has 18 nitrogen and oxygen atoms in total. The number of nitrogens with two attached hydrogens (primary N) is 2. The first-order chi connectivity index (χ1) is 27.5. The number of primary amides is 2. The van der Waals surface area contributed by atoms with Gasteiger partial charge < -0.3 is 26.1 Å². The minimum Gasteiger partial charge on any atom is -0.491 e.